The number of thiazole rings is 1. The fraction of sp³-hybridized carbons (Fsp3) is 0.0909. The lowest BCUT2D eigenvalue weighted by atomic mass is 10.2. The number of rotatable bonds is 4. The Morgan fingerprint density at radius 3 is 2.83 bits per heavy atom. The Morgan fingerprint density at radius 2 is 2.22 bits per heavy atom. The van der Waals surface area contributed by atoms with Crippen LogP contribution in [0.3, 0.4) is 0 Å². The van der Waals surface area contributed by atoms with Gasteiger partial charge < -0.3 is 5.32 Å². The zero-order chi connectivity index (χ0) is 13.1. The van der Waals surface area contributed by atoms with Crippen molar-refractivity contribution in [1.82, 2.24) is 4.98 Å². The summed E-state index contributed by atoms with van der Waals surface area (Å²) in [5, 5.41) is 2.67. The molecule has 0 saturated heterocycles. The second-order valence-corrected chi connectivity index (χ2v) is 5.07. The van der Waals surface area contributed by atoms with Crippen LogP contribution >= 0.6 is 22.9 Å². The number of anilines is 1. The van der Waals surface area contributed by atoms with Crippen LogP contribution in [0.15, 0.2) is 18.3 Å². The molecule has 1 aromatic heterocycles. The summed E-state index contributed by atoms with van der Waals surface area (Å²) in [6.45, 7) is 0.214. The summed E-state index contributed by atoms with van der Waals surface area (Å²) < 4.78 is 26.9. The minimum Gasteiger partial charge on any atom is -0.377 e. The maximum atomic E-state index is 13.5. The summed E-state index contributed by atoms with van der Waals surface area (Å²) in [6, 6.07) is 2.13. The third kappa shape index (κ3) is 2.65. The molecule has 94 valence electrons. The first-order chi connectivity index (χ1) is 8.61. The highest BCUT2D eigenvalue weighted by Gasteiger charge is 2.13. The van der Waals surface area contributed by atoms with Crippen molar-refractivity contribution in [3.05, 3.63) is 44.9 Å². The van der Waals surface area contributed by atoms with Gasteiger partial charge in [0, 0.05) is 16.6 Å². The Kier molecular flexibility index (Phi) is 3.88. The third-order valence-electron chi connectivity index (χ3n) is 2.22. The molecule has 0 radical (unpaired) electrons. The summed E-state index contributed by atoms with van der Waals surface area (Å²) in [5.41, 5.74) is -0.0981. The number of nitrogens with zero attached hydrogens (tertiary/aromatic N) is 1. The number of hydrogen-bond acceptors (Lipinski definition) is 4. The lowest BCUT2D eigenvalue weighted by molar-refractivity contribution is 0.112. The molecule has 18 heavy (non-hydrogen) atoms. The van der Waals surface area contributed by atoms with Crippen LogP contribution in [0.5, 0.6) is 0 Å². The van der Waals surface area contributed by atoms with Gasteiger partial charge in [0.25, 0.3) is 0 Å². The first-order valence-corrected chi connectivity index (χ1v) is 6.08. The smallest absolute Gasteiger partial charge is 0.183 e. The van der Waals surface area contributed by atoms with Crippen molar-refractivity contribution in [2.24, 2.45) is 0 Å². The highest BCUT2D eigenvalue weighted by Crippen LogP contribution is 2.24. The van der Waals surface area contributed by atoms with Gasteiger partial charge in [-0.25, -0.2) is 13.8 Å². The van der Waals surface area contributed by atoms with E-state index in [1.807, 2.05) is 0 Å². The van der Waals surface area contributed by atoms with Gasteiger partial charge in [-0.15, -0.1) is 11.3 Å². The average molecular weight is 289 g/mol. The van der Waals surface area contributed by atoms with E-state index >= 15 is 0 Å². The zero-order valence-corrected chi connectivity index (χ0v) is 10.5. The van der Waals surface area contributed by atoms with E-state index in [0.717, 1.165) is 10.9 Å². The number of aromatic nitrogens is 1. The second-order valence-electron chi connectivity index (χ2n) is 3.38. The maximum Gasteiger partial charge on any atom is 0.183 e. The van der Waals surface area contributed by atoms with Crippen LogP contribution in [0.2, 0.25) is 4.47 Å². The number of halogens is 3. The summed E-state index contributed by atoms with van der Waals surface area (Å²) in [7, 11) is 0. The first-order valence-electron chi connectivity index (χ1n) is 4.89. The van der Waals surface area contributed by atoms with Crippen LogP contribution in [-0.2, 0) is 6.54 Å². The average Bonchev–Trinajstić information content (AvgIpc) is 2.77. The molecular formula is C11H7ClF2N2OS. The predicted molar refractivity (Wildman–Crippen MR) is 66.2 cm³/mol. The normalized spacial score (nSPS) is 10.4. The van der Waals surface area contributed by atoms with Crippen LogP contribution in [0, 0.1) is 11.6 Å². The van der Waals surface area contributed by atoms with Crippen LogP contribution in [0.4, 0.5) is 14.5 Å². The number of benzene rings is 1. The van der Waals surface area contributed by atoms with E-state index in [0.29, 0.717) is 10.8 Å². The molecular weight excluding hydrogens is 282 g/mol. The standard InChI is InChI=1S/C11H7ClF2N2OS/c12-11-16-4-7(18-11)3-15-10-6(5-17)1-2-8(13)9(10)14/h1-2,4-5,15H,3H2. The van der Waals surface area contributed by atoms with Crippen LogP contribution in [-0.4, -0.2) is 11.3 Å². The minimum absolute atomic E-state index is 0.0597. The van der Waals surface area contributed by atoms with E-state index in [1.54, 1.807) is 0 Å². The molecule has 3 nitrogen and oxygen atoms in total. The number of carbonyl (C=O) groups excluding carboxylic acids is 1. The van der Waals surface area contributed by atoms with Gasteiger partial charge in [0.05, 0.1) is 12.2 Å². The Balaban J connectivity index is 2.22. The molecule has 0 atom stereocenters. The van der Waals surface area contributed by atoms with Crippen molar-refractivity contribution in [3.8, 4) is 0 Å². The van der Waals surface area contributed by atoms with Gasteiger partial charge in [-0.2, -0.15) is 0 Å². The van der Waals surface area contributed by atoms with Crippen molar-refractivity contribution in [2.75, 3.05) is 5.32 Å². The van der Waals surface area contributed by atoms with Crippen molar-refractivity contribution < 1.29 is 13.6 Å². The Hall–Kier alpha value is -1.53. The molecule has 0 aliphatic carbocycles. The Bertz CT molecular complexity index is 588. The highest BCUT2D eigenvalue weighted by molar-refractivity contribution is 7.15. The molecule has 0 amide bonds. The molecule has 0 fully saturated rings. The molecule has 1 aromatic carbocycles. The van der Waals surface area contributed by atoms with Crippen LogP contribution in [0.25, 0.3) is 0 Å². The van der Waals surface area contributed by atoms with Crippen molar-refractivity contribution >= 4 is 34.9 Å². The Labute approximate surface area is 110 Å². The maximum absolute atomic E-state index is 13.5. The summed E-state index contributed by atoms with van der Waals surface area (Å²) in [6.07, 6.45) is 1.99. The fourth-order valence-electron chi connectivity index (χ4n) is 1.38. The van der Waals surface area contributed by atoms with E-state index in [2.05, 4.69) is 10.3 Å². The van der Waals surface area contributed by atoms with Gasteiger partial charge >= 0.3 is 0 Å². The van der Waals surface area contributed by atoms with Crippen molar-refractivity contribution in [3.63, 3.8) is 0 Å². The topological polar surface area (TPSA) is 42.0 Å². The summed E-state index contributed by atoms with van der Waals surface area (Å²) in [5.74, 6) is -2.08. The largest absolute Gasteiger partial charge is 0.377 e. The van der Waals surface area contributed by atoms with Crippen molar-refractivity contribution in [1.29, 1.82) is 0 Å². The molecule has 2 aromatic rings. The molecule has 0 spiro atoms. The molecule has 2 rings (SSSR count). The molecule has 7 heteroatoms. The second kappa shape index (κ2) is 5.41. The van der Waals surface area contributed by atoms with E-state index in [-0.39, 0.29) is 17.8 Å². The summed E-state index contributed by atoms with van der Waals surface area (Å²) >= 11 is 6.86. The van der Waals surface area contributed by atoms with Gasteiger partial charge in [-0.1, -0.05) is 11.6 Å². The fourth-order valence-corrected chi connectivity index (χ4v) is 2.30. The van der Waals surface area contributed by atoms with Gasteiger partial charge in [0.2, 0.25) is 0 Å². The van der Waals surface area contributed by atoms with E-state index < -0.39 is 11.6 Å². The summed E-state index contributed by atoms with van der Waals surface area (Å²) in [4.78, 5) is 15.3. The molecule has 0 bridgehead atoms. The quantitative estimate of drug-likeness (QED) is 0.876. The third-order valence-corrected chi connectivity index (χ3v) is 3.33. The lowest BCUT2D eigenvalue weighted by Crippen LogP contribution is -2.05. The van der Waals surface area contributed by atoms with Crippen molar-refractivity contribution in [2.45, 2.75) is 6.54 Å². The zero-order valence-electron chi connectivity index (χ0n) is 8.91. The van der Waals surface area contributed by atoms with Gasteiger partial charge in [0.15, 0.2) is 22.4 Å². The molecule has 0 aliphatic heterocycles. The van der Waals surface area contributed by atoms with Gasteiger partial charge in [-0.05, 0) is 12.1 Å². The number of nitrogens with one attached hydrogen (secondary N) is 1. The van der Waals surface area contributed by atoms with E-state index in [1.165, 1.54) is 23.6 Å². The number of carbonyl (C=O) groups is 1. The first kappa shape index (κ1) is 12.9. The van der Waals surface area contributed by atoms with Gasteiger partial charge in [0.1, 0.15) is 0 Å². The number of hydrogen-bond donors (Lipinski definition) is 1. The molecule has 0 saturated carbocycles. The molecule has 1 N–H and O–H groups in total. The SMILES string of the molecule is O=Cc1ccc(F)c(F)c1NCc1cnc(Cl)s1. The van der Waals surface area contributed by atoms with E-state index in [9.17, 15) is 13.6 Å². The number of aldehydes is 1. The van der Waals surface area contributed by atoms with Gasteiger partial charge in [-0.3, -0.25) is 4.79 Å². The lowest BCUT2D eigenvalue weighted by Gasteiger charge is -2.09. The monoisotopic (exact) mass is 288 g/mol. The minimum atomic E-state index is -1.07. The highest BCUT2D eigenvalue weighted by atomic mass is 35.5. The molecule has 0 unspecified atom stereocenters. The Morgan fingerprint density at radius 1 is 1.44 bits per heavy atom. The van der Waals surface area contributed by atoms with Crippen LogP contribution in [0.1, 0.15) is 15.2 Å². The predicted octanol–water partition coefficient (Wildman–Crippen LogP) is 3.50. The van der Waals surface area contributed by atoms with Crippen LogP contribution < -0.4 is 5.32 Å². The molecule has 0 aliphatic rings. The molecule has 1 heterocycles. The van der Waals surface area contributed by atoms with E-state index in [4.69, 9.17) is 11.6 Å².